The summed E-state index contributed by atoms with van der Waals surface area (Å²) in [6, 6.07) is 17.1. The van der Waals surface area contributed by atoms with E-state index in [1.807, 2.05) is 61.5 Å². The third-order valence-electron chi connectivity index (χ3n) is 3.21. The number of hydrogen-bond donors (Lipinski definition) is 2. The van der Waals surface area contributed by atoms with Gasteiger partial charge in [0, 0.05) is 5.56 Å². The van der Waals surface area contributed by atoms with Gasteiger partial charge in [-0.1, -0.05) is 60.2 Å². The minimum atomic E-state index is -0.320. The molecule has 3 rings (SSSR count). The Morgan fingerprint density at radius 3 is 2.48 bits per heavy atom. The van der Waals surface area contributed by atoms with E-state index in [-0.39, 0.29) is 17.2 Å². The van der Waals surface area contributed by atoms with Gasteiger partial charge in [0.2, 0.25) is 5.95 Å². The van der Waals surface area contributed by atoms with Crippen LogP contribution in [0.3, 0.4) is 0 Å². The summed E-state index contributed by atoms with van der Waals surface area (Å²) in [4.78, 5) is 14.7. The topological polar surface area (TPSA) is 83.0 Å². The molecule has 0 amide bonds. The smallest absolute Gasteiger partial charge is 0.279 e. The average Bonchev–Trinajstić information content (AvgIpc) is 2.58. The van der Waals surface area contributed by atoms with Crippen molar-refractivity contribution in [3.63, 3.8) is 0 Å². The van der Waals surface area contributed by atoms with Gasteiger partial charge in [-0.3, -0.25) is 9.78 Å². The summed E-state index contributed by atoms with van der Waals surface area (Å²) in [5.74, 6) is 0.193. The highest BCUT2D eigenvalue weighted by Crippen LogP contribution is 2.10. The van der Waals surface area contributed by atoms with Crippen molar-refractivity contribution in [2.24, 2.45) is 5.10 Å². The second-order valence-corrected chi connectivity index (χ2v) is 5.00. The minimum Gasteiger partial charge on any atom is -0.288 e. The Hall–Kier alpha value is -3.28. The molecule has 3 aromatic rings. The summed E-state index contributed by atoms with van der Waals surface area (Å²) in [5, 5.41) is 11.9. The fraction of sp³-hybridized carbons (Fsp3) is 0.0588. The van der Waals surface area contributed by atoms with Gasteiger partial charge in [-0.05, 0) is 12.5 Å². The molecule has 0 unspecified atom stereocenters. The largest absolute Gasteiger partial charge is 0.288 e. The van der Waals surface area contributed by atoms with E-state index in [2.05, 4.69) is 25.7 Å². The SMILES string of the molecule is Cc1ccc(/C=N/Nc2nnc(-c3ccccc3)c(=O)[nH]2)cc1. The first-order valence-corrected chi connectivity index (χ1v) is 7.10. The number of aryl methyl sites for hydroxylation is 1. The third kappa shape index (κ3) is 3.68. The van der Waals surface area contributed by atoms with Crippen molar-refractivity contribution < 1.29 is 0 Å². The molecule has 6 nitrogen and oxygen atoms in total. The van der Waals surface area contributed by atoms with Crippen molar-refractivity contribution >= 4 is 12.2 Å². The zero-order valence-corrected chi connectivity index (χ0v) is 12.5. The van der Waals surface area contributed by atoms with Gasteiger partial charge in [0.05, 0.1) is 6.21 Å². The second kappa shape index (κ2) is 6.65. The molecule has 0 bridgehead atoms. The molecular formula is C17H15N5O. The van der Waals surface area contributed by atoms with Gasteiger partial charge >= 0.3 is 0 Å². The molecule has 6 heteroatoms. The molecule has 0 aliphatic rings. The molecule has 0 saturated carbocycles. The molecule has 2 N–H and O–H groups in total. The molecule has 0 aliphatic heterocycles. The van der Waals surface area contributed by atoms with Crippen molar-refractivity contribution in [1.29, 1.82) is 0 Å². The number of hydrazone groups is 1. The lowest BCUT2D eigenvalue weighted by Gasteiger charge is -2.01. The van der Waals surface area contributed by atoms with Crippen LogP contribution in [0.4, 0.5) is 5.95 Å². The maximum Gasteiger partial charge on any atom is 0.279 e. The van der Waals surface area contributed by atoms with Crippen LogP contribution in [0, 0.1) is 6.92 Å². The predicted octanol–water partition coefficient (Wildman–Crippen LogP) is 2.59. The number of aromatic nitrogens is 3. The van der Waals surface area contributed by atoms with E-state index in [9.17, 15) is 4.79 Å². The summed E-state index contributed by atoms with van der Waals surface area (Å²) in [7, 11) is 0. The maximum absolute atomic E-state index is 12.1. The first-order valence-electron chi connectivity index (χ1n) is 7.10. The van der Waals surface area contributed by atoms with Crippen molar-refractivity contribution in [2.75, 3.05) is 5.43 Å². The zero-order chi connectivity index (χ0) is 16.1. The van der Waals surface area contributed by atoms with E-state index in [1.54, 1.807) is 6.21 Å². The van der Waals surface area contributed by atoms with E-state index in [0.29, 0.717) is 0 Å². The summed E-state index contributed by atoms with van der Waals surface area (Å²) >= 11 is 0. The number of anilines is 1. The third-order valence-corrected chi connectivity index (χ3v) is 3.21. The van der Waals surface area contributed by atoms with Gasteiger partial charge in [0.15, 0.2) is 5.69 Å². The van der Waals surface area contributed by atoms with E-state index < -0.39 is 0 Å². The molecule has 0 atom stereocenters. The highest BCUT2D eigenvalue weighted by atomic mass is 16.1. The Kier molecular flexibility index (Phi) is 4.24. The Morgan fingerprint density at radius 1 is 1.04 bits per heavy atom. The van der Waals surface area contributed by atoms with Crippen molar-refractivity contribution in [1.82, 2.24) is 15.2 Å². The number of rotatable bonds is 4. The van der Waals surface area contributed by atoms with Crippen LogP contribution in [0.2, 0.25) is 0 Å². The second-order valence-electron chi connectivity index (χ2n) is 5.00. The fourth-order valence-corrected chi connectivity index (χ4v) is 1.99. The van der Waals surface area contributed by atoms with E-state index in [4.69, 9.17) is 0 Å². The molecule has 0 fully saturated rings. The fourth-order valence-electron chi connectivity index (χ4n) is 1.99. The Bertz CT molecular complexity index is 869. The monoisotopic (exact) mass is 305 g/mol. The average molecular weight is 305 g/mol. The standard InChI is InChI=1S/C17H15N5O/c1-12-7-9-13(10-8-12)11-18-21-17-19-16(23)15(20-22-17)14-5-3-2-4-6-14/h2-11H,1H3,(H2,19,21,22,23)/b18-11+. The lowest BCUT2D eigenvalue weighted by atomic mass is 10.2. The van der Waals surface area contributed by atoms with Gasteiger partial charge in [0.1, 0.15) is 0 Å². The Balaban J connectivity index is 1.73. The summed E-state index contributed by atoms with van der Waals surface area (Å²) < 4.78 is 0. The first kappa shape index (κ1) is 14.6. The number of aromatic amines is 1. The highest BCUT2D eigenvalue weighted by molar-refractivity contribution is 5.80. The number of hydrogen-bond acceptors (Lipinski definition) is 5. The van der Waals surface area contributed by atoms with Gasteiger partial charge in [-0.2, -0.15) is 5.10 Å². The summed E-state index contributed by atoms with van der Waals surface area (Å²) in [6.07, 6.45) is 1.64. The maximum atomic E-state index is 12.1. The van der Waals surface area contributed by atoms with Crippen LogP contribution < -0.4 is 11.0 Å². The number of nitrogens with one attached hydrogen (secondary N) is 2. The van der Waals surface area contributed by atoms with Crippen LogP contribution in [0.5, 0.6) is 0 Å². The molecule has 1 aromatic heterocycles. The summed E-state index contributed by atoms with van der Waals surface area (Å²) in [5.41, 5.74) is 5.47. The van der Waals surface area contributed by atoms with Crippen LogP contribution in [0.15, 0.2) is 64.5 Å². The first-order chi connectivity index (χ1) is 11.2. The molecule has 0 radical (unpaired) electrons. The number of benzene rings is 2. The van der Waals surface area contributed by atoms with Crippen molar-refractivity contribution in [2.45, 2.75) is 6.92 Å². The van der Waals surface area contributed by atoms with Crippen LogP contribution in [0.1, 0.15) is 11.1 Å². The molecule has 0 spiro atoms. The molecule has 0 aliphatic carbocycles. The Labute approximate surface area is 132 Å². The normalized spacial score (nSPS) is 10.8. The van der Waals surface area contributed by atoms with Crippen LogP contribution in [-0.2, 0) is 0 Å². The zero-order valence-electron chi connectivity index (χ0n) is 12.5. The molecule has 0 saturated heterocycles. The van der Waals surface area contributed by atoms with E-state index in [1.165, 1.54) is 5.56 Å². The van der Waals surface area contributed by atoms with Gasteiger partial charge in [-0.15, -0.1) is 10.2 Å². The molecule has 114 valence electrons. The molecule has 1 heterocycles. The molecule has 2 aromatic carbocycles. The van der Waals surface area contributed by atoms with Crippen molar-refractivity contribution in [3.8, 4) is 11.3 Å². The van der Waals surface area contributed by atoms with Gasteiger partial charge in [0.25, 0.3) is 5.56 Å². The van der Waals surface area contributed by atoms with Crippen molar-refractivity contribution in [3.05, 3.63) is 76.1 Å². The lowest BCUT2D eigenvalue weighted by molar-refractivity contribution is 0.947. The highest BCUT2D eigenvalue weighted by Gasteiger charge is 2.06. The van der Waals surface area contributed by atoms with E-state index >= 15 is 0 Å². The lowest BCUT2D eigenvalue weighted by Crippen LogP contribution is -2.15. The molecule has 23 heavy (non-hydrogen) atoms. The quantitative estimate of drug-likeness (QED) is 0.573. The predicted molar refractivity (Wildman–Crippen MR) is 90.5 cm³/mol. The van der Waals surface area contributed by atoms with Gasteiger partial charge in [-0.25, -0.2) is 5.43 Å². The van der Waals surface area contributed by atoms with Crippen LogP contribution >= 0.6 is 0 Å². The van der Waals surface area contributed by atoms with E-state index in [0.717, 1.165) is 11.1 Å². The number of nitrogens with zero attached hydrogens (tertiary/aromatic N) is 3. The van der Waals surface area contributed by atoms with Crippen LogP contribution in [0.25, 0.3) is 11.3 Å². The van der Waals surface area contributed by atoms with Crippen LogP contribution in [-0.4, -0.2) is 21.4 Å². The Morgan fingerprint density at radius 2 is 1.78 bits per heavy atom. The summed E-state index contributed by atoms with van der Waals surface area (Å²) in [6.45, 7) is 2.02. The number of H-pyrrole nitrogens is 1. The molecular weight excluding hydrogens is 290 g/mol. The van der Waals surface area contributed by atoms with Gasteiger partial charge < -0.3 is 0 Å². The minimum absolute atomic E-state index is 0.193.